The van der Waals surface area contributed by atoms with E-state index in [0.29, 0.717) is 12.8 Å². The average Bonchev–Trinajstić information content (AvgIpc) is 3.15. The number of hydrogen-bond acceptors (Lipinski definition) is 4. The fourth-order valence-electron chi connectivity index (χ4n) is 7.50. The largest absolute Gasteiger partial charge is 0.462 e. The van der Waals surface area contributed by atoms with Crippen LogP contribution in [0.15, 0.2) is 0 Å². The van der Waals surface area contributed by atoms with Crippen molar-refractivity contribution in [2.24, 2.45) is 0 Å². The topological polar surface area (TPSA) is 52.6 Å². The van der Waals surface area contributed by atoms with Gasteiger partial charge in [0.2, 0.25) is 0 Å². The van der Waals surface area contributed by atoms with Gasteiger partial charge in [-0.3, -0.25) is 9.59 Å². The molecule has 0 aromatic rings. The quantitative estimate of drug-likeness (QED) is 0.0462. The lowest BCUT2D eigenvalue weighted by Gasteiger charge is -2.07. The molecule has 52 heavy (non-hydrogen) atoms. The number of carbonyl (C=O) groups excluding carboxylic acids is 2. The van der Waals surface area contributed by atoms with Crippen molar-refractivity contribution in [1.82, 2.24) is 0 Å². The SMILES string of the molecule is CCCCCCCCCCCCCCCCCCCCCCC(=O)OCCOC(=O)CCCCCCCCCCCCCCCCCCCCCC. The van der Waals surface area contributed by atoms with Crippen LogP contribution in [0.5, 0.6) is 0 Å². The van der Waals surface area contributed by atoms with Crippen molar-refractivity contribution in [2.45, 2.75) is 284 Å². The van der Waals surface area contributed by atoms with Gasteiger partial charge in [-0.25, -0.2) is 0 Å². The molecule has 0 aromatic heterocycles. The van der Waals surface area contributed by atoms with Crippen LogP contribution in [-0.4, -0.2) is 25.2 Å². The van der Waals surface area contributed by atoms with Gasteiger partial charge in [-0.15, -0.1) is 0 Å². The molecule has 0 saturated carbocycles. The Labute approximate surface area is 326 Å². The molecule has 0 saturated heterocycles. The molecule has 0 unspecified atom stereocenters. The molecule has 0 aliphatic carbocycles. The van der Waals surface area contributed by atoms with Gasteiger partial charge >= 0.3 is 11.9 Å². The van der Waals surface area contributed by atoms with Gasteiger partial charge in [0, 0.05) is 12.8 Å². The maximum absolute atomic E-state index is 12.0. The van der Waals surface area contributed by atoms with Crippen molar-refractivity contribution in [3.05, 3.63) is 0 Å². The van der Waals surface area contributed by atoms with E-state index in [1.807, 2.05) is 0 Å². The first-order chi connectivity index (χ1) is 25.7. The highest BCUT2D eigenvalue weighted by molar-refractivity contribution is 5.70. The molecule has 4 nitrogen and oxygen atoms in total. The second kappa shape index (κ2) is 46.1. The van der Waals surface area contributed by atoms with Gasteiger partial charge in [0.05, 0.1) is 0 Å². The van der Waals surface area contributed by atoms with E-state index in [0.717, 1.165) is 25.7 Å². The van der Waals surface area contributed by atoms with Crippen LogP contribution in [0.3, 0.4) is 0 Å². The van der Waals surface area contributed by atoms with Crippen molar-refractivity contribution in [2.75, 3.05) is 13.2 Å². The van der Waals surface area contributed by atoms with Crippen molar-refractivity contribution in [3.8, 4) is 0 Å². The van der Waals surface area contributed by atoms with E-state index < -0.39 is 0 Å². The van der Waals surface area contributed by atoms with Gasteiger partial charge in [-0.1, -0.05) is 258 Å². The fraction of sp³-hybridized carbons (Fsp3) is 0.958. The highest BCUT2D eigenvalue weighted by Gasteiger charge is 2.06. The third-order valence-electron chi connectivity index (χ3n) is 11.1. The van der Waals surface area contributed by atoms with Crippen LogP contribution in [-0.2, 0) is 19.1 Å². The maximum atomic E-state index is 12.0. The van der Waals surface area contributed by atoms with Crippen molar-refractivity contribution in [3.63, 3.8) is 0 Å². The zero-order chi connectivity index (χ0) is 37.7. The van der Waals surface area contributed by atoms with Gasteiger partial charge in [0.15, 0.2) is 0 Å². The van der Waals surface area contributed by atoms with Gasteiger partial charge in [-0.05, 0) is 12.8 Å². The number of hydrogen-bond donors (Lipinski definition) is 0. The molecule has 0 bridgehead atoms. The van der Waals surface area contributed by atoms with E-state index >= 15 is 0 Å². The van der Waals surface area contributed by atoms with Crippen molar-refractivity contribution >= 4 is 11.9 Å². The first-order valence-corrected chi connectivity index (χ1v) is 24.0. The van der Waals surface area contributed by atoms with E-state index in [1.165, 1.54) is 231 Å². The first-order valence-electron chi connectivity index (χ1n) is 24.0. The van der Waals surface area contributed by atoms with Crippen LogP contribution >= 0.6 is 0 Å². The number of unbranched alkanes of at least 4 members (excludes halogenated alkanes) is 38. The Morgan fingerprint density at radius 2 is 0.404 bits per heavy atom. The molecular weight excluding hydrogens is 641 g/mol. The zero-order valence-electron chi connectivity index (χ0n) is 35.7. The summed E-state index contributed by atoms with van der Waals surface area (Å²) in [6, 6.07) is 0. The zero-order valence-corrected chi connectivity index (χ0v) is 35.7. The van der Waals surface area contributed by atoms with E-state index in [-0.39, 0.29) is 25.2 Å². The Balaban J connectivity index is 3.24. The van der Waals surface area contributed by atoms with E-state index in [4.69, 9.17) is 9.47 Å². The summed E-state index contributed by atoms with van der Waals surface area (Å²) in [6.45, 7) is 4.95. The minimum atomic E-state index is -0.160. The Morgan fingerprint density at radius 3 is 0.577 bits per heavy atom. The highest BCUT2D eigenvalue weighted by Crippen LogP contribution is 2.17. The third-order valence-corrected chi connectivity index (χ3v) is 11.1. The molecule has 310 valence electrons. The van der Waals surface area contributed by atoms with Gasteiger partial charge in [-0.2, -0.15) is 0 Å². The summed E-state index contributed by atoms with van der Waals surface area (Å²) in [7, 11) is 0. The average molecular weight is 735 g/mol. The molecule has 0 heterocycles. The van der Waals surface area contributed by atoms with Crippen LogP contribution in [0.1, 0.15) is 284 Å². The highest BCUT2D eigenvalue weighted by atomic mass is 16.6. The van der Waals surface area contributed by atoms with E-state index in [2.05, 4.69) is 13.8 Å². The lowest BCUT2D eigenvalue weighted by Crippen LogP contribution is -2.13. The number of rotatable bonds is 45. The molecule has 0 aliphatic heterocycles. The Morgan fingerprint density at radius 1 is 0.250 bits per heavy atom. The molecule has 0 spiro atoms. The summed E-state index contributed by atoms with van der Waals surface area (Å²) < 4.78 is 10.5. The smallest absolute Gasteiger partial charge is 0.305 e. The number of carbonyl (C=O) groups is 2. The molecule has 4 heteroatoms. The minimum Gasteiger partial charge on any atom is -0.462 e. The number of ether oxygens (including phenoxy) is 2. The maximum Gasteiger partial charge on any atom is 0.305 e. The predicted octanol–water partition coefficient (Wildman–Crippen LogP) is 16.5. The van der Waals surface area contributed by atoms with Crippen LogP contribution in [0.2, 0.25) is 0 Å². The summed E-state index contributed by atoms with van der Waals surface area (Å²) in [5.74, 6) is -0.319. The molecule has 0 N–H and O–H groups in total. The molecule has 0 fully saturated rings. The summed E-state index contributed by atoms with van der Waals surface area (Å²) in [5, 5.41) is 0. The second-order valence-corrected chi connectivity index (χ2v) is 16.4. The van der Waals surface area contributed by atoms with Crippen LogP contribution in [0.25, 0.3) is 0 Å². The summed E-state index contributed by atoms with van der Waals surface area (Å²) in [5.41, 5.74) is 0. The standard InChI is InChI=1S/C48H94O4/c1-3-5-7-9-11-13-15-17-19-21-23-25-27-29-31-33-35-37-39-41-43-47(49)51-45-46-52-48(50)44-42-40-38-36-34-32-30-28-26-24-22-20-18-16-14-12-10-8-6-4-2/h3-46H2,1-2H3. The van der Waals surface area contributed by atoms with E-state index in [1.54, 1.807) is 0 Å². The summed E-state index contributed by atoms with van der Waals surface area (Å²) in [4.78, 5) is 24.0. The molecule has 0 amide bonds. The van der Waals surface area contributed by atoms with Crippen LogP contribution in [0, 0.1) is 0 Å². The van der Waals surface area contributed by atoms with Crippen molar-refractivity contribution < 1.29 is 19.1 Å². The van der Waals surface area contributed by atoms with Crippen LogP contribution < -0.4 is 0 Å². The lowest BCUT2D eigenvalue weighted by molar-refractivity contribution is -0.152. The molecule has 0 aliphatic rings. The van der Waals surface area contributed by atoms with E-state index in [9.17, 15) is 9.59 Å². The van der Waals surface area contributed by atoms with Gasteiger partial charge in [0.1, 0.15) is 13.2 Å². The van der Waals surface area contributed by atoms with Gasteiger partial charge in [0.25, 0.3) is 0 Å². The molecule has 0 rings (SSSR count). The minimum absolute atomic E-state index is 0.160. The third kappa shape index (κ3) is 45.1. The Bertz CT molecular complexity index is 634. The lowest BCUT2D eigenvalue weighted by atomic mass is 10.0. The summed E-state index contributed by atoms with van der Waals surface area (Å²) in [6.07, 6.45) is 55.2. The Hall–Kier alpha value is -1.06. The Kier molecular flexibility index (Phi) is 45.2. The van der Waals surface area contributed by atoms with Gasteiger partial charge < -0.3 is 9.47 Å². The molecular formula is C48H94O4. The fourth-order valence-corrected chi connectivity index (χ4v) is 7.50. The summed E-state index contributed by atoms with van der Waals surface area (Å²) >= 11 is 0. The predicted molar refractivity (Wildman–Crippen MR) is 227 cm³/mol. The number of esters is 2. The molecule has 0 atom stereocenters. The van der Waals surface area contributed by atoms with Crippen molar-refractivity contribution in [1.29, 1.82) is 0 Å². The van der Waals surface area contributed by atoms with Crippen LogP contribution in [0.4, 0.5) is 0 Å². The monoisotopic (exact) mass is 735 g/mol. The first kappa shape index (κ1) is 50.9. The normalized spacial score (nSPS) is 11.3. The molecule has 0 aromatic carbocycles. The second-order valence-electron chi connectivity index (χ2n) is 16.4. The molecule has 0 radical (unpaired) electrons.